The van der Waals surface area contributed by atoms with Gasteiger partial charge < -0.3 is 10.1 Å². The lowest BCUT2D eigenvalue weighted by molar-refractivity contribution is -0.389. The van der Waals surface area contributed by atoms with Crippen molar-refractivity contribution in [3.05, 3.63) is 52.0 Å². The summed E-state index contributed by atoms with van der Waals surface area (Å²) in [4.78, 5) is 13.4. The summed E-state index contributed by atoms with van der Waals surface area (Å²) in [7, 11) is 0. The molecule has 88 valence electrons. The van der Waals surface area contributed by atoms with Crippen molar-refractivity contribution in [2.24, 2.45) is 0 Å². The third-order valence-electron chi connectivity index (χ3n) is 2.22. The van der Waals surface area contributed by atoms with Crippen LogP contribution in [0.5, 0.6) is 0 Å². The number of imidazole rings is 1. The van der Waals surface area contributed by atoms with Crippen LogP contribution in [0.25, 0.3) is 5.69 Å². The van der Waals surface area contributed by atoms with Gasteiger partial charge in [-0.1, -0.05) is 0 Å². The highest BCUT2D eigenvalue weighted by Gasteiger charge is 2.18. The van der Waals surface area contributed by atoms with Crippen molar-refractivity contribution in [1.82, 2.24) is 9.55 Å². The van der Waals surface area contributed by atoms with E-state index in [4.69, 9.17) is 0 Å². The van der Waals surface area contributed by atoms with Crippen LogP contribution in [0.15, 0.2) is 24.4 Å². The summed E-state index contributed by atoms with van der Waals surface area (Å²) in [5.41, 5.74) is -0.108. The lowest BCUT2D eigenvalue weighted by atomic mass is 10.3. The third kappa shape index (κ3) is 1.99. The van der Waals surface area contributed by atoms with Gasteiger partial charge in [0, 0.05) is 13.0 Å². The Morgan fingerprint density at radius 3 is 2.71 bits per heavy atom. The van der Waals surface area contributed by atoms with E-state index in [9.17, 15) is 18.9 Å². The molecule has 7 heteroatoms. The van der Waals surface area contributed by atoms with Crippen molar-refractivity contribution < 1.29 is 13.7 Å². The van der Waals surface area contributed by atoms with Gasteiger partial charge in [0.05, 0.1) is 5.69 Å². The zero-order chi connectivity index (χ0) is 12.6. The molecule has 1 aromatic carbocycles. The summed E-state index contributed by atoms with van der Waals surface area (Å²) >= 11 is 0. The fraction of sp³-hybridized carbons (Fsp3) is 0.100. The fourth-order valence-corrected chi connectivity index (χ4v) is 1.46. The number of nitrogens with zero attached hydrogens (tertiary/aromatic N) is 3. The van der Waals surface area contributed by atoms with E-state index in [-0.39, 0.29) is 11.5 Å². The Morgan fingerprint density at radius 2 is 2.12 bits per heavy atom. The number of aryl methyl sites for hydroxylation is 1. The molecule has 0 aliphatic rings. The molecule has 0 saturated carbocycles. The summed E-state index contributed by atoms with van der Waals surface area (Å²) in [6.45, 7) is 1.47. The van der Waals surface area contributed by atoms with Gasteiger partial charge in [-0.15, -0.1) is 0 Å². The number of benzene rings is 1. The van der Waals surface area contributed by atoms with Crippen molar-refractivity contribution in [1.29, 1.82) is 0 Å². The largest absolute Gasteiger partial charge is 0.382 e. The molecule has 0 saturated heterocycles. The molecule has 2 aromatic rings. The minimum atomic E-state index is -0.694. The first-order chi connectivity index (χ1) is 7.99. The molecule has 17 heavy (non-hydrogen) atoms. The van der Waals surface area contributed by atoms with E-state index in [0.29, 0.717) is 0 Å². The molecule has 0 spiro atoms. The Labute approximate surface area is 94.5 Å². The molecule has 0 fully saturated rings. The predicted octanol–water partition coefficient (Wildman–Crippen LogP) is 2.37. The van der Waals surface area contributed by atoms with E-state index in [1.807, 2.05) is 0 Å². The summed E-state index contributed by atoms with van der Waals surface area (Å²) < 4.78 is 27.6. The normalized spacial score (nSPS) is 10.5. The Morgan fingerprint density at radius 1 is 1.41 bits per heavy atom. The van der Waals surface area contributed by atoms with Crippen LogP contribution in [-0.2, 0) is 0 Å². The van der Waals surface area contributed by atoms with Crippen molar-refractivity contribution in [3.8, 4) is 5.69 Å². The molecular weight excluding hydrogens is 232 g/mol. The number of nitro groups is 1. The van der Waals surface area contributed by atoms with Crippen molar-refractivity contribution in [2.45, 2.75) is 6.92 Å². The Kier molecular flexibility index (Phi) is 2.58. The third-order valence-corrected chi connectivity index (χ3v) is 2.22. The number of hydrogen-bond donors (Lipinski definition) is 0. The Balaban J connectivity index is 2.60. The van der Waals surface area contributed by atoms with Crippen LogP contribution >= 0.6 is 0 Å². The van der Waals surface area contributed by atoms with Crippen LogP contribution in [0, 0.1) is 28.7 Å². The zero-order valence-corrected chi connectivity index (χ0v) is 8.72. The van der Waals surface area contributed by atoms with Gasteiger partial charge in [0.25, 0.3) is 0 Å². The van der Waals surface area contributed by atoms with E-state index in [1.165, 1.54) is 6.92 Å². The second-order valence-electron chi connectivity index (χ2n) is 3.37. The van der Waals surface area contributed by atoms with Crippen molar-refractivity contribution >= 4 is 5.82 Å². The molecule has 1 aromatic heterocycles. The second kappa shape index (κ2) is 3.93. The topological polar surface area (TPSA) is 61.0 Å². The fourth-order valence-electron chi connectivity index (χ4n) is 1.46. The molecule has 1 heterocycles. The number of rotatable bonds is 2. The highest BCUT2D eigenvalue weighted by Crippen LogP contribution is 2.20. The lowest BCUT2D eigenvalue weighted by Crippen LogP contribution is -1.99. The molecule has 0 bridgehead atoms. The minimum absolute atomic E-state index is 0.108. The van der Waals surface area contributed by atoms with Gasteiger partial charge in [0.15, 0.2) is 0 Å². The van der Waals surface area contributed by atoms with Gasteiger partial charge in [-0.2, -0.15) is 0 Å². The first kappa shape index (κ1) is 11.2. The monoisotopic (exact) mass is 239 g/mol. The molecule has 2 rings (SSSR count). The smallest absolute Gasteiger partial charge is 0.358 e. The summed E-state index contributed by atoms with van der Waals surface area (Å²) in [6, 6.07) is 2.88. The maximum atomic E-state index is 13.5. The second-order valence-corrected chi connectivity index (χ2v) is 3.37. The van der Waals surface area contributed by atoms with Crippen LogP contribution in [0.3, 0.4) is 0 Å². The SMILES string of the molecule is Cc1nc([N+](=O)[O-])cn1-c1cc(F)ccc1F. The van der Waals surface area contributed by atoms with Gasteiger partial charge >= 0.3 is 5.82 Å². The van der Waals surface area contributed by atoms with Gasteiger partial charge in [-0.05, 0) is 22.0 Å². The zero-order valence-electron chi connectivity index (χ0n) is 8.72. The van der Waals surface area contributed by atoms with Crippen LogP contribution in [0.2, 0.25) is 0 Å². The van der Waals surface area contributed by atoms with E-state index < -0.39 is 22.4 Å². The predicted molar refractivity (Wildman–Crippen MR) is 54.9 cm³/mol. The molecular formula is C10H7F2N3O2. The quantitative estimate of drug-likeness (QED) is 0.597. The highest BCUT2D eigenvalue weighted by atomic mass is 19.1. The first-order valence-electron chi connectivity index (χ1n) is 4.65. The molecule has 0 atom stereocenters. The molecule has 0 amide bonds. The van der Waals surface area contributed by atoms with Crippen LogP contribution in [0.1, 0.15) is 5.82 Å². The average molecular weight is 239 g/mol. The molecule has 0 radical (unpaired) electrons. The summed E-state index contributed by atoms with van der Waals surface area (Å²) in [6.07, 6.45) is 1.05. The molecule has 5 nitrogen and oxygen atoms in total. The Bertz CT molecular complexity index is 595. The number of halogens is 2. The van der Waals surface area contributed by atoms with Gasteiger partial charge in [0.2, 0.25) is 5.82 Å². The van der Waals surface area contributed by atoms with Crippen LogP contribution < -0.4 is 0 Å². The molecule has 0 aliphatic heterocycles. The average Bonchev–Trinajstić information content (AvgIpc) is 2.64. The van der Waals surface area contributed by atoms with Crippen LogP contribution in [0.4, 0.5) is 14.6 Å². The Hall–Kier alpha value is -2.31. The lowest BCUT2D eigenvalue weighted by Gasteiger charge is -2.03. The standard InChI is InChI=1S/C10H7F2N3O2/c1-6-13-10(15(16)17)5-14(6)9-4-7(11)2-3-8(9)12/h2-5H,1H3. The van der Waals surface area contributed by atoms with Crippen molar-refractivity contribution in [2.75, 3.05) is 0 Å². The molecule has 0 N–H and O–H groups in total. The molecule has 0 unspecified atom stereocenters. The number of hydrogen-bond acceptors (Lipinski definition) is 3. The van der Waals surface area contributed by atoms with Gasteiger partial charge in [-0.25, -0.2) is 8.78 Å². The maximum Gasteiger partial charge on any atom is 0.382 e. The summed E-state index contributed by atoms with van der Waals surface area (Å²) in [5.74, 6) is -1.51. The van der Waals surface area contributed by atoms with Crippen LogP contribution in [-0.4, -0.2) is 14.5 Å². The highest BCUT2D eigenvalue weighted by molar-refractivity contribution is 5.38. The first-order valence-corrected chi connectivity index (χ1v) is 4.65. The van der Waals surface area contributed by atoms with E-state index in [0.717, 1.165) is 29.0 Å². The van der Waals surface area contributed by atoms with E-state index >= 15 is 0 Å². The van der Waals surface area contributed by atoms with E-state index in [2.05, 4.69) is 4.98 Å². The minimum Gasteiger partial charge on any atom is -0.358 e. The molecule has 0 aliphatic carbocycles. The van der Waals surface area contributed by atoms with Gasteiger partial charge in [0.1, 0.15) is 17.8 Å². The maximum absolute atomic E-state index is 13.5. The van der Waals surface area contributed by atoms with E-state index in [1.54, 1.807) is 0 Å². The number of aromatic nitrogens is 2. The van der Waals surface area contributed by atoms with Crippen molar-refractivity contribution in [3.63, 3.8) is 0 Å². The van der Waals surface area contributed by atoms with Gasteiger partial charge in [-0.3, -0.25) is 4.57 Å². The summed E-state index contributed by atoms with van der Waals surface area (Å²) in [5, 5.41) is 10.5.